The quantitative estimate of drug-likeness (QED) is 0.852. The Bertz CT molecular complexity index is 507. The molecule has 0 bridgehead atoms. The van der Waals surface area contributed by atoms with Gasteiger partial charge in [0.15, 0.2) is 0 Å². The second-order valence-corrected chi connectivity index (χ2v) is 6.85. The maximum Gasteiger partial charge on any atom is 0.243 e. The van der Waals surface area contributed by atoms with Crippen molar-refractivity contribution in [1.29, 1.82) is 0 Å². The Hall–Kier alpha value is -0.140. The van der Waals surface area contributed by atoms with E-state index in [0.717, 1.165) is 0 Å². The molecule has 0 saturated heterocycles. The highest BCUT2D eigenvalue weighted by atomic mass is 79.9. The predicted molar refractivity (Wildman–Crippen MR) is 75.3 cm³/mol. The van der Waals surface area contributed by atoms with Crippen molar-refractivity contribution in [3.05, 3.63) is 27.7 Å². The van der Waals surface area contributed by atoms with Crippen LogP contribution in [0, 0.1) is 0 Å². The van der Waals surface area contributed by atoms with Crippen LogP contribution < -0.4 is 0 Å². The van der Waals surface area contributed by atoms with Gasteiger partial charge in [-0.15, -0.1) is 0 Å². The van der Waals surface area contributed by atoms with Gasteiger partial charge in [0.2, 0.25) is 10.0 Å². The number of hydrogen-bond donors (Lipinski definition) is 1. The topological polar surface area (TPSA) is 57.6 Å². The van der Waals surface area contributed by atoms with Crippen molar-refractivity contribution in [2.24, 2.45) is 0 Å². The number of rotatable bonds is 6. The van der Waals surface area contributed by atoms with Gasteiger partial charge in [-0.25, -0.2) is 8.42 Å². The van der Waals surface area contributed by atoms with Gasteiger partial charge in [0.1, 0.15) is 0 Å². The zero-order chi connectivity index (χ0) is 13.8. The zero-order valence-electron chi connectivity index (χ0n) is 9.94. The molecule has 18 heavy (non-hydrogen) atoms. The summed E-state index contributed by atoms with van der Waals surface area (Å²) in [4.78, 5) is 0.193. The molecule has 0 fully saturated rings. The Morgan fingerprint density at radius 2 is 2.11 bits per heavy atom. The van der Waals surface area contributed by atoms with Crippen LogP contribution in [0.4, 0.5) is 0 Å². The van der Waals surface area contributed by atoms with Gasteiger partial charge in [-0.1, -0.05) is 18.5 Å². The van der Waals surface area contributed by atoms with Gasteiger partial charge in [-0.3, -0.25) is 0 Å². The van der Waals surface area contributed by atoms with Gasteiger partial charge in [-0.2, -0.15) is 4.31 Å². The number of sulfonamides is 1. The summed E-state index contributed by atoms with van der Waals surface area (Å²) in [5, 5.41) is 9.25. The first-order valence-electron chi connectivity index (χ1n) is 5.49. The maximum absolute atomic E-state index is 12.3. The van der Waals surface area contributed by atoms with Crippen molar-refractivity contribution in [2.75, 3.05) is 19.7 Å². The minimum atomic E-state index is -3.53. The van der Waals surface area contributed by atoms with Crippen LogP contribution in [-0.2, 0) is 10.0 Å². The third kappa shape index (κ3) is 3.68. The van der Waals surface area contributed by atoms with Crippen molar-refractivity contribution in [1.82, 2.24) is 4.31 Å². The number of halogens is 2. The molecule has 0 heterocycles. The highest BCUT2D eigenvalue weighted by Gasteiger charge is 2.23. The number of aliphatic hydroxyl groups is 1. The highest BCUT2D eigenvalue weighted by molar-refractivity contribution is 9.10. The first kappa shape index (κ1) is 15.9. The Morgan fingerprint density at radius 3 is 2.61 bits per heavy atom. The Balaban J connectivity index is 3.06. The molecule has 1 aromatic carbocycles. The minimum absolute atomic E-state index is 0.0314. The fraction of sp³-hybridized carbons (Fsp3) is 0.455. The van der Waals surface area contributed by atoms with Crippen LogP contribution in [0.2, 0.25) is 5.02 Å². The van der Waals surface area contributed by atoms with Crippen LogP contribution >= 0.6 is 27.5 Å². The van der Waals surface area contributed by atoms with Crippen molar-refractivity contribution >= 4 is 37.6 Å². The molecular weight excluding hydrogens is 342 g/mol. The van der Waals surface area contributed by atoms with Gasteiger partial charge in [0, 0.05) is 24.2 Å². The molecule has 1 rings (SSSR count). The molecule has 7 heteroatoms. The Labute approximate surface area is 121 Å². The summed E-state index contributed by atoms with van der Waals surface area (Å²) < 4.78 is 26.5. The Kier molecular flexibility index (Phi) is 6.07. The van der Waals surface area contributed by atoms with E-state index in [9.17, 15) is 8.42 Å². The lowest BCUT2D eigenvalue weighted by molar-refractivity contribution is 0.271. The van der Waals surface area contributed by atoms with Crippen LogP contribution in [0.25, 0.3) is 0 Å². The first-order valence-corrected chi connectivity index (χ1v) is 8.10. The van der Waals surface area contributed by atoms with Gasteiger partial charge < -0.3 is 5.11 Å². The average Bonchev–Trinajstić information content (AvgIpc) is 2.33. The second kappa shape index (κ2) is 6.86. The van der Waals surface area contributed by atoms with Crippen LogP contribution in [0.15, 0.2) is 27.6 Å². The van der Waals surface area contributed by atoms with Crippen molar-refractivity contribution in [3.8, 4) is 0 Å². The lowest BCUT2D eigenvalue weighted by atomic mass is 10.4. The van der Waals surface area contributed by atoms with E-state index in [1.165, 1.54) is 16.4 Å². The molecule has 0 aromatic heterocycles. The molecule has 1 N–H and O–H groups in total. The monoisotopic (exact) mass is 355 g/mol. The van der Waals surface area contributed by atoms with E-state index in [1.807, 2.05) is 0 Å². The SMILES string of the molecule is CCN(CCCO)S(=O)(=O)c1ccc(Cl)c(Br)c1. The molecule has 0 aliphatic heterocycles. The molecule has 0 amide bonds. The molecule has 1 aromatic rings. The number of benzene rings is 1. The summed E-state index contributed by atoms with van der Waals surface area (Å²) in [5.74, 6) is 0. The van der Waals surface area contributed by atoms with Crippen LogP contribution in [0.1, 0.15) is 13.3 Å². The highest BCUT2D eigenvalue weighted by Crippen LogP contribution is 2.26. The van der Waals surface area contributed by atoms with E-state index in [-0.39, 0.29) is 11.5 Å². The molecule has 0 radical (unpaired) electrons. The smallest absolute Gasteiger partial charge is 0.243 e. The summed E-state index contributed by atoms with van der Waals surface area (Å²) in [5.41, 5.74) is 0. The fourth-order valence-electron chi connectivity index (χ4n) is 1.48. The molecule has 0 aliphatic carbocycles. The molecule has 0 saturated carbocycles. The van der Waals surface area contributed by atoms with Gasteiger partial charge >= 0.3 is 0 Å². The van der Waals surface area contributed by atoms with Gasteiger partial charge in [-0.05, 0) is 40.5 Å². The van der Waals surface area contributed by atoms with Gasteiger partial charge in [0.05, 0.1) is 9.92 Å². The van der Waals surface area contributed by atoms with E-state index in [2.05, 4.69) is 15.9 Å². The van der Waals surface area contributed by atoms with Crippen LogP contribution in [-0.4, -0.2) is 37.5 Å². The van der Waals surface area contributed by atoms with Crippen LogP contribution in [0.5, 0.6) is 0 Å². The normalized spacial score (nSPS) is 12.1. The summed E-state index contributed by atoms with van der Waals surface area (Å²) in [6.45, 7) is 2.40. The molecule has 102 valence electrons. The molecular formula is C11H15BrClNO3S. The van der Waals surface area contributed by atoms with E-state index < -0.39 is 10.0 Å². The summed E-state index contributed by atoms with van der Waals surface area (Å²) >= 11 is 9.05. The maximum atomic E-state index is 12.3. The second-order valence-electron chi connectivity index (χ2n) is 3.65. The first-order chi connectivity index (χ1) is 8.43. The zero-order valence-corrected chi connectivity index (χ0v) is 13.1. The average molecular weight is 357 g/mol. The van der Waals surface area contributed by atoms with Gasteiger partial charge in [0.25, 0.3) is 0 Å². The predicted octanol–water partition coefficient (Wildman–Crippen LogP) is 2.50. The van der Waals surface area contributed by atoms with Crippen molar-refractivity contribution in [2.45, 2.75) is 18.2 Å². The standard InChI is InChI=1S/C11H15BrClNO3S/c1-2-14(6-3-7-15)18(16,17)9-4-5-11(13)10(12)8-9/h4-5,8,15H,2-3,6-7H2,1H3. The minimum Gasteiger partial charge on any atom is -0.396 e. The summed E-state index contributed by atoms with van der Waals surface area (Å²) in [6, 6.07) is 4.50. The van der Waals surface area contributed by atoms with E-state index >= 15 is 0 Å². The van der Waals surface area contributed by atoms with Crippen molar-refractivity contribution < 1.29 is 13.5 Å². The molecule has 0 aliphatic rings. The number of aliphatic hydroxyl groups excluding tert-OH is 1. The fourth-order valence-corrected chi connectivity index (χ4v) is 3.64. The molecule has 4 nitrogen and oxygen atoms in total. The Morgan fingerprint density at radius 1 is 1.44 bits per heavy atom. The van der Waals surface area contributed by atoms with Crippen LogP contribution in [0.3, 0.4) is 0 Å². The third-order valence-electron chi connectivity index (χ3n) is 2.45. The van der Waals surface area contributed by atoms with Crippen molar-refractivity contribution in [3.63, 3.8) is 0 Å². The third-order valence-corrected chi connectivity index (χ3v) is 5.63. The largest absolute Gasteiger partial charge is 0.396 e. The summed E-state index contributed by atoms with van der Waals surface area (Å²) in [7, 11) is -3.53. The number of hydrogen-bond acceptors (Lipinski definition) is 3. The molecule has 0 unspecified atom stereocenters. The number of nitrogens with zero attached hydrogens (tertiary/aromatic N) is 1. The summed E-state index contributed by atoms with van der Waals surface area (Å²) in [6.07, 6.45) is 0.418. The lowest BCUT2D eigenvalue weighted by Crippen LogP contribution is -2.32. The van der Waals surface area contributed by atoms with E-state index in [4.69, 9.17) is 16.7 Å². The molecule has 0 spiro atoms. The van der Waals surface area contributed by atoms with E-state index in [1.54, 1.807) is 13.0 Å². The lowest BCUT2D eigenvalue weighted by Gasteiger charge is -2.20. The molecule has 0 atom stereocenters. The van der Waals surface area contributed by atoms with E-state index in [0.29, 0.717) is 29.0 Å².